The van der Waals surface area contributed by atoms with Crippen LogP contribution in [0.4, 0.5) is 0 Å². The predicted octanol–water partition coefficient (Wildman–Crippen LogP) is 3.16. The lowest BCUT2D eigenvalue weighted by atomic mass is 9.96. The van der Waals surface area contributed by atoms with Crippen molar-refractivity contribution < 1.29 is 5.11 Å². The van der Waals surface area contributed by atoms with Crippen LogP contribution in [0, 0.1) is 5.92 Å². The van der Waals surface area contributed by atoms with E-state index in [2.05, 4.69) is 36.2 Å². The summed E-state index contributed by atoms with van der Waals surface area (Å²) in [5.74, 6) is 1.12. The summed E-state index contributed by atoms with van der Waals surface area (Å²) in [5.41, 5.74) is 1.32. The van der Waals surface area contributed by atoms with E-state index in [4.69, 9.17) is 0 Å². The van der Waals surface area contributed by atoms with Crippen LogP contribution in [0.2, 0.25) is 0 Å². The number of nitrogens with one attached hydrogen (secondary N) is 1. The maximum Gasteiger partial charge on any atom is 0.115 e. The maximum absolute atomic E-state index is 9.45. The lowest BCUT2D eigenvalue weighted by molar-refractivity contribution is 0.157. The van der Waals surface area contributed by atoms with Crippen molar-refractivity contribution in [1.82, 2.24) is 10.2 Å². The van der Waals surface area contributed by atoms with E-state index in [1.807, 2.05) is 0 Å². The van der Waals surface area contributed by atoms with Gasteiger partial charge in [0.05, 0.1) is 0 Å². The Labute approximate surface area is 123 Å². The molecule has 1 heterocycles. The van der Waals surface area contributed by atoms with Crippen LogP contribution >= 0.6 is 0 Å². The molecule has 0 bridgehead atoms. The molecule has 0 aromatic heterocycles. The van der Waals surface area contributed by atoms with Crippen molar-refractivity contribution >= 4 is 0 Å². The van der Waals surface area contributed by atoms with Crippen molar-refractivity contribution in [3.8, 4) is 5.75 Å². The summed E-state index contributed by atoms with van der Waals surface area (Å²) in [5, 5.41) is 13.0. The SMILES string of the molecule is CCC(c1ccc(O)cc1)N(CC)CC1CCCNC1. The highest BCUT2D eigenvalue weighted by Gasteiger charge is 2.22. The highest BCUT2D eigenvalue weighted by Crippen LogP contribution is 2.27. The number of nitrogens with zero attached hydrogens (tertiary/aromatic N) is 1. The van der Waals surface area contributed by atoms with Gasteiger partial charge in [-0.1, -0.05) is 26.0 Å². The largest absolute Gasteiger partial charge is 0.508 e. The maximum atomic E-state index is 9.45. The molecule has 2 atom stereocenters. The van der Waals surface area contributed by atoms with E-state index in [1.54, 1.807) is 12.1 Å². The molecule has 1 aliphatic rings. The van der Waals surface area contributed by atoms with Gasteiger partial charge in [-0.2, -0.15) is 0 Å². The number of piperidine rings is 1. The van der Waals surface area contributed by atoms with Gasteiger partial charge in [0.25, 0.3) is 0 Å². The van der Waals surface area contributed by atoms with Gasteiger partial charge in [-0.25, -0.2) is 0 Å². The highest BCUT2D eigenvalue weighted by molar-refractivity contribution is 5.28. The molecule has 1 saturated heterocycles. The van der Waals surface area contributed by atoms with Gasteiger partial charge in [0, 0.05) is 12.6 Å². The van der Waals surface area contributed by atoms with E-state index < -0.39 is 0 Å². The van der Waals surface area contributed by atoms with E-state index in [0.717, 1.165) is 25.4 Å². The van der Waals surface area contributed by atoms with Gasteiger partial charge < -0.3 is 10.4 Å². The zero-order valence-electron chi connectivity index (χ0n) is 12.8. The monoisotopic (exact) mass is 276 g/mol. The summed E-state index contributed by atoms with van der Waals surface area (Å²) >= 11 is 0. The van der Waals surface area contributed by atoms with Gasteiger partial charge in [0.15, 0.2) is 0 Å². The van der Waals surface area contributed by atoms with Crippen LogP contribution in [-0.2, 0) is 0 Å². The average molecular weight is 276 g/mol. The molecule has 0 amide bonds. The Morgan fingerprint density at radius 2 is 2.05 bits per heavy atom. The van der Waals surface area contributed by atoms with E-state index in [1.165, 1.54) is 31.5 Å². The van der Waals surface area contributed by atoms with Crippen molar-refractivity contribution in [2.24, 2.45) is 5.92 Å². The minimum atomic E-state index is 0.350. The first-order valence-electron chi connectivity index (χ1n) is 7.98. The molecule has 20 heavy (non-hydrogen) atoms. The molecule has 0 saturated carbocycles. The predicted molar refractivity (Wildman–Crippen MR) is 84.0 cm³/mol. The number of phenols is 1. The molecular formula is C17H28N2O. The third-order valence-electron chi connectivity index (χ3n) is 4.40. The van der Waals surface area contributed by atoms with E-state index >= 15 is 0 Å². The Kier molecular flexibility index (Phi) is 5.86. The number of aromatic hydroxyl groups is 1. The zero-order valence-corrected chi connectivity index (χ0v) is 12.8. The second-order valence-corrected chi connectivity index (χ2v) is 5.82. The Morgan fingerprint density at radius 3 is 2.60 bits per heavy atom. The molecule has 112 valence electrons. The minimum absolute atomic E-state index is 0.350. The standard InChI is InChI=1S/C17H28N2O/c1-3-17(15-7-9-16(20)10-8-15)19(4-2)13-14-6-5-11-18-12-14/h7-10,14,17-18,20H,3-6,11-13H2,1-2H3. The average Bonchev–Trinajstić information content (AvgIpc) is 2.49. The van der Waals surface area contributed by atoms with E-state index in [-0.39, 0.29) is 0 Å². The molecule has 1 aliphatic heterocycles. The molecule has 0 aliphatic carbocycles. The third-order valence-corrected chi connectivity index (χ3v) is 4.40. The van der Waals surface area contributed by atoms with Gasteiger partial charge in [-0.3, -0.25) is 4.90 Å². The summed E-state index contributed by atoms with van der Waals surface area (Å²) < 4.78 is 0. The number of hydrogen-bond acceptors (Lipinski definition) is 3. The molecule has 1 fully saturated rings. The van der Waals surface area contributed by atoms with Crippen LogP contribution in [0.5, 0.6) is 5.75 Å². The molecule has 0 spiro atoms. The van der Waals surface area contributed by atoms with E-state index in [9.17, 15) is 5.11 Å². The first-order chi connectivity index (χ1) is 9.74. The van der Waals surface area contributed by atoms with Crippen molar-refractivity contribution in [3.63, 3.8) is 0 Å². The lowest BCUT2D eigenvalue weighted by Crippen LogP contribution is -2.39. The minimum Gasteiger partial charge on any atom is -0.508 e. The first kappa shape index (κ1) is 15.3. The topological polar surface area (TPSA) is 35.5 Å². The van der Waals surface area contributed by atoms with Crippen LogP contribution in [0.3, 0.4) is 0 Å². The van der Waals surface area contributed by atoms with E-state index in [0.29, 0.717) is 11.8 Å². The number of benzene rings is 1. The van der Waals surface area contributed by atoms with Gasteiger partial charge in [-0.05, 0) is 62.5 Å². The molecule has 3 nitrogen and oxygen atoms in total. The summed E-state index contributed by atoms with van der Waals surface area (Å²) in [7, 11) is 0. The van der Waals surface area contributed by atoms with Crippen molar-refractivity contribution in [1.29, 1.82) is 0 Å². The Hall–Kier alpha value is -1.06. The Balaban J connectivity index is 2.04. The van der Waals surface area contributed by atoms with Crippen LogP contribution in [-0.4, -0.2) is 36.2 Å². The van der Waals surface area contributed by atoms with Crippen LogP contribution in [0.15, 0.2) is 24.3 Å². The Morgan fingerprint density at radius 1 is 1.30 bits per heavy atom. The molecule has 2 unspecified atom stereocenters. The van der Waals surface area contributed by atoms with Crippen LogP contribution in [0.25, 0.3) is 0 Å². The molecule has 1 aromatic rings. The normalized spacial score (nSPS) is 21.1. The molecule has 2 rings (SSSR count). The Bertz CT molecular complexity index is 384. The zero-order chi connectivity index (χ0) is 14.4. The fourth-order valence-electron chi connectivity index (χ4n) is 3.29. The molecule has 2 N–H and O–H groups in total. The fraction of sp³-hybridized carbons (Fsp3) is 0.647. The summed E-state index contributed by atoms with van der Waals surface area (Å²) in [6, 6.07) is 8.18. The lowest BCUT2D eigenvalue weighted by Gasteiger charge is -2.35. The smallest absolute Gasteiger partial charge is 0.115 e. The van der Waals surface area contributed by atoms with Gasteiger partial charge in [-0.15, -0.1) is 0 Å². The van der Waals surface area contributed by atoms with Crippen molar-refractivity contribution in [3.05, 3.63) is 29.8 Å². The van der Waals surface area contributed by atoms with Gasteiger partial charge in [0.2, 0.25) is 0 Å². The summed E-state index contributed by atoms with van der Waals surface area (Å²) in [6.45, 7) is 9.08. The van der Waals surface area contributed by atoms with Crippen molar-refractivity contribution in [2.45, 2.75) is 39.2 Å². The molecule has 1 aromatic carbocycles. The number of hydrogen-bond donors (Lipinski definition) is 2. The third kappa shape index (κ3) is 3.97. The van der Waals surface area contributed by atoms with Crippen LogP contribution in [0.1, 0.15) is 44.7 Å². The van der Waals surface area contributed by atoms with Crippen molar-refractivity contribution in [2.75, 3.05) is 26.2 Å². The number of rotatable bonds is 6. The van der Waals surface area contributed by atoms with Gasteiger partial charge in [0.1, 0.15) is 5.75 Å². The molecule has 0 radical (unpaired) electrons. The second-order valence-electron chi connectivity index (χ2n) is 5.82. The quantitative estimate of drug-likeness (QED) is 0.838. The highest BCUT2D eigenvalue weighted by atomic mass is 16.3. The number of phenolic OH excluding ortho intramolecular Hbond substituents is 1. The molecular weight excluding hydrogens is 248 g/mol. The molecule has 3 heteroatoms. The fourth-order valence-corrected chi connectivity index (χ4v) is 3.29. The first-order valence-corrected chi connectivity index (χ1v) is 7.98. The van der Waals surface area contributed by atoms with Crippen LogP contribution < -0.4 is 5.32 Å². The summed E-state index contributed by atoms with van der Waals surface area (Å²) in [4.78, 5) is 2.59. The summed E-state index contributed by atoms with van der Waals surface area (Å²) in [6.07, 6.45) is 3.76. The van der Waals surface area contributed by atoms with Gasteiger partial charge >= 0.3 is 0 Å². The second kappa shape index (κ2) is 7.65.